The summed E-state index contributed by atoms with van der Waals surface area (Å²) in [6.45, 7) is 0.688. The fourth-order valence-electron chi connectivity index (χ4n) is 0.857. The van der Waals surface area contributed by atoms with E-state index in [-0.39, 0.29) is 0 Å². The fraction of sp³-hybridized carbons (Fsp3) is 0.375. The smallest absolute Gasteiger partial charge is 0.207 e. The van der Waals surface area contributed by atoms with E-state index in [1.807, 2.05) is 12.1 Å². The lowest BCUT2D eigenvalue weighted by Gasteiger charge is -1.94. The van der Waals surface area contributed by atoms with Crippen molar-refractivity contribution < 1.29 is 9.53 Å². The third-order valence-electron chi connectivity index (χ3n) is 1.44. The molecule has 3 nitrogen and oxygen atoms in total. The molecule has 0 fully saturated rings. The van der Waals surface area contributed by atoms with E-state index in [1.54, 1.807) is 18.4 Å². The number of ether oxygens (including phenoxy) is 1. The maximum atomic E-state index is 9.92. The number of carbonyl (C=O) groups excluding carboxylic acids is 1. The minimum Gasteiger partial charge on any atom is -0.487 e. The Morgan fingerprint density at radius 2 is 2.50 bits per heavy atom. The van der Waals surface area contributed by atoms with Crippen molar-refractivity contribution in [2.24, 2.45) is 0 Å². The summed E-state index contributed by atoms with van der Waals surface area (Å²) >= 11 is 1.61. The lowest BCUT2D eigenvalue weighted by molar-refractivity contribution is -0.109. The summed E-state index contributed by atoms with van der Waals surface area (Å²) in [6.07, 6.45) is 1.58. The van der Waals surface area contributed by atoms with Gasteiger partial charge in [-0.1, -0.05) is 0 Å². The number of hydrogen-bond acceptors (Lipinski definition) is 3. The number of rotatable bonds is 5. The first-order chi connectivity index (χ1) is 5.86. The van der Waals surface area contributed by atoms with Gasteiger partial charge in [0.05, 0.1) is 7.11 Å². The maximum absolute atomic E-state index is 9.92. The van der Waals surface area contributed by atoms with Gasteiger partial charge >= 0.3 is 0 Å². The standard InChI is InChI=1S/C8H11NO2S/c1-11-8-3-2-7(12-8)4-5-9-6-10/h2-3,6H,4-5H2,1H3,(H,9,10). The van der Waals surface area contributed by atoms with E-state index in [0.29, 0.717) is 13.0 Å². The van der Waals surface area contributed by atoms with E-state index in [9.17, 15) is 4.79 Å². The average molecular weight is 185 g/mol. The summed E-state index contributed by atoms with van der Waals surface area (Å²) in [5.74, 6) is 0. The predicted molar refractivity (Wildman–Crippen MR) is 48.6 cm³/mol. The van der Waals surface area contributed by atoms with Crippen molar-refractivity contribution in [1.82, 2.24) is 5.32 Å². The van der Waals surface area contributed by atoms with Crippen LogP contribution in [0.4, 0.5) is 0 Å². The number of methoxy groups -OCH3 is 1. The van der Waals surface area contributed by atoms with Crippen LogP contribution in [0.3, 0.4) is 0 Å². The van der Waals surface area contributed by atoms with Crippen LogP contribution in [0, 0.1) is 0 Å². The van der Waals surface area contributed by atoms with Crippen molar-refractivity contribution in [3.05, 3.63) is 17.0 Å². The normalized spacial score (nSPS) is 9.42. The molecule has 0 aliphatic rings. The second-order valence-corrected chi connectivity index (χ2v) is 3.38. The van der Waals surface area contributed by atoms with Gasteiger partial charge in [-0.25, -0.2) is 0 Å². The molecule has 1 N–H and O–H groups in total. The second kappa shape index (κ2) is 4.77. The van der Waals surface area contributed by atoms with Gasteiger partial charge in [-0.05, 0) is 18.6 Å². The zero-order valence-corrected chi connectivity index (χ0v) is 7.69. The molecular weight excluding hydrogens is 174 g/mol. The molecule has 0 radical (unpaired) electrons. The molecule has 1 heterocycles. The van der Waals surface area contributed by atoms with Gasteiger partial charge in [-0.3, -0.25) is 4.79 Å². The molecule has 1 aromatic rings. The molecule has 1 amide bonds. The van der Waals surface area contributed by atoms with E-state index in [4.69, 9.17) is 4.74 Å². The quantitative estimate of drug-likeness (QED) is 0.550. The summed E-state index contributed by atoms with van der Waals surface area (Å²) in [6, 6.07) is 3.94. The van der Waals surface area contributed by atoms with E-state index < -0.39 is 0 Å². The van der Waals surface area contributed by atoms with Gasteiger partial charge < -0.3 is 10.1 Å². The second-order valence-electron chi connectivity index (χ2n) is 2.25. The molecule has 0 aromatic carbocycles. The minimum absolute atomic E-state index is 0.688. The average Bonchev–Trinajstić information content (AvgIpc) is 2.53. The van der Waals surface area contributed by atoms with E-state index >= 15 is 0 Å². The van der Waals surface area contributed by atoms with Crippen molar-refractivity contribution in [3.8, 4) is 5.06 Å². The highest BCUT2D eigenvalue weighted by atomic mass is 32.1. The molecule has 1 aromatic heterocycles. The third-order valence-corrected chi connectivity index (χ3v) is 2.54. The van der Waals surface area contributed by atoms with Crippen LogP contribution >= 0.6 is 11.3 Å². The van der Waals surface area contributed by atoms with E-state index in [2.05, 4.69) is 5.32 Å². The van der Waals surface area contributed by atoms with E-state index in [0.717, 1.165) is 11.5 Å². The molecule has 4 heteroatoms. The Morgan fingerprint density at radius 3 is 3.08 bits per heavy atom. The van der Waals surface area contributed by atoms with Crippen LogP contribution in [0.5, 0.6) is 5.06 Å². The van der Waals surface area contributed by atoms with Crippen molar-refractivity contribution >= 4 is 17.7 Å². The van der Waals surface area contributed by atoms with Crippen molar-refractivity contribution in [3.63, 3.8) is 0 Å². The van der Waals surface area contributed by atoms with Gasteiger partial charge in [0.1, 0.15) is 0 Å². The molecule has 66 valence electrons. The first kappa shape index (κ1) is 9.06. The van der Waals surface area contributed by atoms with Crippen LogP contribution in [0.15, 0.2) is 12.1 Å². The molecule has 0 saturated carbocycles. The Morgan fingerprint density at radius 1 is 1.67 bits per heavy atom. The molecule has 0 unspecified atom stereocenters. The van der Waals surface area contributed by atoms with Crippen LogP contribution in [-0.4, -0.2) is 20.1 Å². The van der Waals surface area contributed by atoms with Crippen molar-refractivity contribution in [2.45, 2.75) is 6.42 Å². The van der Waals surface area contributed by atoms with Gasteiger partial charge in [0.2, 0.25) is 6.41 Å². The topological polar surface area (TPSA) is 38.3 Å². The molecule has 0 bridgehead atoms. The van der Waals surface area contributed by atoms with Crippen LogP contribution in [0.1, 0.15) is 4.88 Å². The minimum atomic E-state index is 0.688. The summed E-state index contributed by atoms with van der Waals surface area (Å²) in [5, 5.41) is 3.52. The van der Waals surface area contributed by atoms with Gasteiger partial charge in [0.25, 0.3) is 0 Å². The SMILES string of the molecule is COc1ccc(CCNC=O)s1. The molecule has 0 aliphatic heterocycles. The van der Waals surface area contributed by atoms with E-state index in [1.165, 1.54) is 4.88 Å². The summed E-state index contributed by atoms with van der Waals surface area (Å²) < 4.78 is 5.03. The molecule has 0 spiro atoms. The highest BCUT2D eigenvalue weighted by molar-refractivity contribution is 7.13. The molecule has 0 aliphatic carbocycles. The predicted octanol–water partition coefficient (Wildman–Crippen LogP) is 1.05. The monoisotopic (exact) mass is 185 g/mol. The molecule has 0 atom stereocenters. The van der Waals surface area contributed by atoms with Crippen LogP contribution in [0.2, 0.25) is 0 Å². The summed E-state index contributed by atoms with van der Waals surface area (Å²) in [7, 11) is 1.65. The highest BCUT2D eigenvalue weighted by Crippen LogP contribution is 2.23. The van der Waals surface area contributed by atoms with Crippen LogP contribution < -0.4 is 10.1 Å². The maximum Gasteiger partial charge on any atom is 0.207 e. The van der Waals surface area contributed by atoms with Crippen molar-refractivity contribution in [1.29, 1.82) is 0 Å². The molecule has 0 saturated heterocycles. The number of nitrogens with one attached hydrogen (secondary N) is 1. The van der Waals surface area contributed by atoms with Crippen molar-refractivity contribution in [2.75, 3.05) is 13.7 Å². The Labute approximate surface area is 75.4 Å². The van der Waals surface area contributed by atoms with Crippen LogP contribution in [0.25, 0.3) is 0 Å². The third kappa shape index (κ3) is 2.54. The summed E-state index contributed by atoms with van der Waals surface area (Å²) in [5.41, 5.74) is 0. The number of amides is 1. The molecule has 12 heavy (non-hydrogen) atoms. The van der Waals surface area contributed by atoms with Gasteiger partial charge in [0.15, 0.2) is 5.06 Å². The Balaban J connectivity index is 2.36. The van der Waals surface area contributed by atoms with Crippen LogP contribution in [-0.2, 0) is 11.2 Å². The lowest BCUT2D eigenvalue weighted by Crippen LogP contribution is -2.13. The first-order valence-electron chi connectivity index (χ1n) is 3.66. The molecule has 1 rings (SSSR count). The number of carbonyl (C=O) groups is 1. The highest BCUT2D eigenvalue weighted by Gasteiger charge is 1.98. The van der Waals surface area contributed by atoms with Gasteiger partial charge in [0, 0.05) is 11.4 Å². The summed E-state index contributed by atoms with van der Waals surface area (Å²) in [4.78, 5) is 11.1. The Bertz CT molecular complexity index is 247. The lowest BCUT2D eigenvalue weighted by atomic mass is 10.3. The largest absolute Gasteiger partial charge is 0.487 e. The Hall–Kier alpha value is -1.03. The Kier molecular flexibility index (Phi) is 3.60. The number of thiophene rings is 1. The first-order valence-corrected chi connectivity index (χ1v) is 4.48. The van der Waals surface area contributed by atoms with Gasteiger partial charge in [-0.2, -0.15) is 0 Å². The van der Waals surface area contributed by atoms with Gasteiger partial charge in [-0.15, -0.1) is 11.3 Å². The molecular formula is C8H11NO2S. The zero-order chi connectivity index (χ0) is 8.81. The fourth-order valence-corrected chi connectivity index (χ4v) is 1.67. The zero-order valence-electron chi connectivity index (χ0n) is 6.87. The number of hydrogen-bond donors (Lipinski definition) is 1.